The number of nitrogens with one attached hydrogen (secondary N) is 1. The van der Waals surface area contributed by atoms with Crippen LogP contribution in [0.25, 0.3) is 0 Å². The maximum Gasteiger partial charge on any atom is 0.490 e. The van der Waals surface area contributed by atoms with Gasteiger partial charge in [0.15, 0.2) is 0 Å². The molecule has 1 fully saturated rings. The Balaban J connectivity index is 0.000000345. The molecule has 0 radical (unpaired) electrons. The van der Waals surface area contributed by atoms with Gasteiger partial charge >= 0.3 is 12.1 Å². The number of benzene rings is 2. The minimum absolute atomic E-state index is 0.131. The van der Waals surface area contributed by atoms with E-state index < -0.39 is 12.1 Å². The molecule has 1 aliphatic heterocycles. The van der Waals surface area contributed by atoms with E-state index in [-0.39, 0.29) is 17.6 Å². The van der Waals surface area contributed by atoms with Gasteiger partial charge in [-0.2, -0.15) is 13.2 Å². The van der Waals surface area contributed by atoms with Crippen LogP contribution in [0.3, 0.4) is 0 Å². The van der Waals surface area contributed by atoms with Crippen molar-refractivity contribution in [2.24, 2.45) is 0 Å². The summed E-state index contributed by atoms with van der Waals surface area (Å²) in [5.74, 6) is -2.88. The van der Waals surface area contributed by atoms with Crippen molar-refractivity contribution in [3.8, 4) is 0 Å². The average molecular weight is 419 g/mol. The van der Waals surface area contributed by atoms with Gasteiger partial charge in [-0.1, -0.05) is 17.8 Å². The highest BCUT2D eigenvalue weighted by atomic mass is 32.2. The Morgan fingerprint density at radius 2 is 1.61 bits per heavy atom. The summed E-state index contributed by atoms with van der Waals surface area (Å²) in [7, 11) is 0. The van der Waals surface area contributed by atoms with Gasteiger partial charge in [0.25, 0.3) is 0 Å². The van der Waals surface area contributed by atoms with E-state index in [4.69, 9.17) is 9.90 Å². The largest absolute Gasteiger partial charge is 0.490 e. The second kappa shape index (κ2) is 9.88. The van der Waals surface area contributed by atoms with Gasteiger partial charge in [0.1, 0.15) is 11.6 Å². The van der Waals surface area contributed by atoms with E-state index in [9.17, 15) is 22.0 Å². The predicted molar refractivity (Wildman–Crippen MR) is 95.5 cm³/mol. The number of hydrogen-bond acceptors (Lipinski definition) is 3. The number of hydrogen-bond donors (Lipinski definition) is 2. The first-order valence-corrected chi connectivity index (χ1v) is 9.23. The normalized spacial score (nSPS) is 14.9. The number of halogens is 5. The van der Waals surface area contributed by atoms with Crippen molar-refractivity contribution in [2.75, 3.05) is 13.1 Å². The molecule has 0 aliphatic carbocycles. The number of alkyl halides is 3. The number of aliphatic carboxylic acids is 1. The second-order valence-corrected chi connectivity index (χ2v) is 7.15. The maximum atomic E-state index is 14.3. The molecule has 2 aromatic rings. The summed E-state index contributed by atoms with van der Waals surface area (Å²) in [4.78, 5) is 10.8. The molecule has 3 nitrogen and oxygen atoms in total. The van der Waals surface area contributed by atoms with Crippen LogP contribution < -0.4 is 5.32 Å². The first-order chi connectivity index (χ1) is 13.2. The van der Waals surface area contributed by atoms with Crippen molar-refractivity contribution in [3.63, 3.8) is 0 Å². The summed E-state index contributed by atoms with van der Waals surface area (Å²) >= 11 is 1.50. The monoisotopic (exact) mass is 419 g/mol. The lowest BCUT2D eigenvalue weighted by atomic mass is 9.90. The molecule has 152 valence electrons. The summed E-state index contributed by atoms with van der Waals surface area (Å²) in [6, 6.07) is 11.6. The summed E-state index contributed by atoms with van der Waals surface area (Å²) in [6.45, 7) is 1.86. The van der Waals surface area contributed by atoms with Gasteiger partial charge in [-0.05, 0) is 68.2 Å². The highest BCUT2D eigenvalue weighted by Crippen LogP contribution is 2.38. The standard InChI is InChI=1S/C17H17F2NS.C2HF3O2/c18-13-4-6-14(7-5-13)21-16-3-1-2-15(19)17(16)12-8-10-20-11-9-12;3-2(4,5)1(6)7/h1-7,12,20H,8-11H2;(H,6,7). The Labute approximate surface area is 162 Å². The van der Waals surface area contributed by atoms with Gasteiger partial charge in [0.05, 0.1) is 0 Å². The van der Waals surface area contributed by atoms with Crippen LogP contribution >= 0.6 is 11.8 Å². The Kier molecular flexibility index (Phi) is 7.82. The number of carboxylic acids is 1. The lowest BCUT2D eigenvalue weighted by Gasteiger charge is -2.25. The van der Waals surface area contributed by atoms with Gasteiger partial charge < -0.3 is 10.4 Å². The molecule has 28 heavy (non-hydrogen) atoms. The first kappa shape index (κ1) is 22.2. The topological polar surface area (TPSA) is 49.3 Å². The summed E-state index contributed by atoms with van der Waals surface area (Å²) in [6.07, 6.45) is -3.17. The van der Waals surface area contributed by atoms with Gasteiger partial charge in [0, 0.05) is 15.4 Å². The number of carboxylic acid groups (broad SMARTS) is 1. The van der Waals surface area contributed by atoms with Crippen LogP contribution in [0.5, 0.6) is 0 Å². The maximum absolute atomic E-state index is 14.3. The fraction of sp³-hybridized carbons (Fsp3) is 0.316. The Morgan fingerprint density at radius 1 is 1.04 bits per heavy atom. The molecular weight excluding hydrogens is 401 g/mol. The van der Waals surface area contributed by atoms with Gasteiger partial charge in [-0.15, -0.1) is 0 Å². The lowest BCUT2D eigenvalue weighted by molar-refractivity contribution is -0.192. The van der Waals surface area contributed by atoms with Crippen molar-refractivity contribution in [3.05, 3.63) is 59.7 Å². The van der Waals surface area contributed by atoms with E-state index in [1.54, 1.807) is 18.2 Å². The molecule has 1 saturated heterocycles. The summed E-state index contributed by atoms with van der Waals surface area (Å²) in [5, 5.41) is 10.4. The molecule has 0 amide bonds. The van der Waals surface area contributed by atoms with Gasteiger partial charge in [-0.25, -0.2) is 13.6 Å². The van der Waals surface area contributed by atoms with E-state index in [0.29, 0.717) is 0 Å². The molecule has 2 N–H and O–H groups in total. The van der Waals surface area contributed by atoms with E-state index in [1.165, 1.54) is 30.0 Å². The van der Waals surface area contributed by atoms with Crippen molar-refractivity contribution >= 4 is 17.7 Å². The zero-order chi connectivity index (χ0) is 20.7. The van der Waals surface area contributed by atoms with Crippen molar-refractivity contribution < 1.29 is 31.9 Å². The van der Waals surface area contributed by atoms with Crippen LogP contribution in [0.4, 0.5) is 22.0 Å². The Morgan fingerprint density at radius 3 is 2.14 bits per heavy atom. The highest BCUT2D eigenvalue weighted by molar-refractivity contribution is 7.99. The van der Waals surface area contributed by atoms with Gasteiger partial charge in [-0.3, -0.25) is 0 Å². The molecule has 0 unspecified atom stereocenters. The van der Waals surface area contributed by atoms with E-state index in [2.05, 4.69) is 5.32 Å². The van der Waals surface area contributed by atoms with Crippen LogP contribution in [0.2, 0.25) is 0 Å². The van der Waals surface area contributed by atoms with Crippen LogP contribution in [-0.2, 0) is 4.79 Å². The Bertz CT molecular complexity index is 790. The molecule has 0 atom stereocenters. The van der Waals surface area contributed by atoms with Crippen molar-refractivity contribution in [2.45, 2.75) is 34.7 Å². The molecular formula is C19H18F5NO2S. The number of carbonyl (C=O) groups is 1. The summed E-state index contributed by atoms with van der Waals surface area (Å²) in [5.41, 5.74) is 0.813. The second-order valence-electron chi connectivity index (χ2n) is 6.03. The SMILES string of the molecule is Fc1ccc(Sc2cccc(F)c2C2CCNCC2)cc1.O=C(O)C(F)(F)F. The zero-order valence-corrected chi connectivity index (χ0v) is 15.4. The number of rotatable bonds is 3. The molecule has 0 saturated carbocycles. The Hall–Kier alpha value is -2.13. The van der Waals surface area contributed by atoms with Crippen molar-refractivity contribution in [1.82, 2.24) is 5.32 Å². The smallest absolute Gasteiger partial charge is 0.475 e. The molecule has 0 bridgehead atoms. The third-order valence-electron chi connectivity index (χ3n) is 4.04. The first-order valence-electron chi connectivity index (χ1n) is 8.41. The molecule has 0 aromatic heterocycles. The molecule has 0 spiro atoms. The molecule has 9 heteroatoms. The predicted octanol–water partition coefficient (Wildman–Crippen LogP) is 5.22. The lowest BCUT2D eigenvalue weighted by Crippen LogP contribution is -2.27. The zero-order valence-electron chi connectivity index (χ0n) is 14.6. The minimum Gasteiger partial charge on any atom is -0.475 e. The quantitative estimate of drug-likeness (QED) is 0.670. The van der Waals surface area contributed by atoms with Crippen LogP contribution in [0, 0.1) is 11.6 Å². The molecule has 3 rings (SSSR count). The fourth-order valence-electron chi connectivity index (χ4n) is 2.74. The third-order valence-corrected chi connectivity index (χ3v) is 5.13. The highest BCUT2D eigenvalue weighted by Gasteiger charge is 2.38. The average Bonchev–Trinajstić information content (AvgIpc) is 2.64. The third kappa shape index (κ3) is 6.49. The fourth-order valence-corrected chi connectivity index (χ4v) is 3.79. The van der Waals surface area contributed by atoms with E-state index in [1.807, 2.05) is 6.07 Å². The van der Waals surface area contributed by atoms with Crippen LogP contribution in [-0.4, -0.2) is 30.3 Å². The van der Waals surface area contributed by atoms with E-state index >= 15 is 0 Å². The van der Waals surface area contributed by atoms with Crippen LogP contribution in [0.15, 0.2) is 52.3 Å². The molecule has 1 aliphatic rings. The van der Waals surface area contributed by atoms with Crippen LogP contribution in [0.1, 0.15) is 24.3 Å². The van der Waals surface area contributed by atoms with Gasteiger partial charge in [0.2, 0.25) is 0 Å². The number of piperidine rings is 1. The molecule has 1 heterocycles. The van der Waals surface area contributed by atoms with Crippen molar-refractivity contribution in [1.29, 1.82) is 0 Å². The summed E-state index contributed by atoms with van der Waals surface area (Å²) < 4.78 is 59.0. The minimum atomic E-state index is -5.08. The van der Waals surface area contributed by atoms with E-state index in [0.717, 1.165) is 41.3 Å². The molecule has 2 aromatic carbocycles.